The highest BCUT2D eigenvalue weighted by Gasteiger charge is 2.04. The summed E-state index contributed by atoms with van der Waals surface area (Å²) in [6, 6.07) is 19.1. The maximum Gasteiger partial charge on any atom is 0.174 e. The number of Topliss-reactive ketones (excluding diaryl/α,β-unsaturated/α-hetero) is 1. The van der Waals surface area contributed by atoms with Crippen LogP contribution in [0.4, 0.5) is 0 Å². The molecule has 2 aromatic carbocycles. The molecule has 86 valence electrons. The Morgan fingerprint density at radius 3 is 2.12 bits per heavy atom. The molecule has 0 saturated carbocycles. The molecule has 0 N–H and O–H groups in total. The second-order valence-electron chi connectivity index (χ2n) is 3.80. The van der Waals surface area contributed by atoms with Crippen LogP contribution >= 0.6 is 0 Å². The lowest BCUT2D eigenvalue weighted by atomic mass is 10.1. The van der Waals surface area contributed by atoms with Gasteiger partial charge in [-0.15, -0.1) is 0 Å². The van der Waals surface area contributed by atoms with Crippen LogP contribution < -0.4 is 4.74 Å². The van der Waals surface area contributed by atoms with Gasteiger partial charge in [0.15, 0.2) is 5.78 Å². The summed E-state index contributed by atoms with van der Waals surface area (Å²) in [6.45, 7) is 0.124. The maximum atomic E-state index is 11.7. The number of hydrogen-bond donors (Lipinski definition) is 0. The first-order valence-electron chi connectivity index (χ1n) is 5.58. The Morgan fingerprint density at radius 2 is 1.47 bits per heavy atom. The number of benzene rings is 2. The van der Waals surface area contributed by atoms with Crippen molar-refractivity contribution in [2.24, 2.45) is 0 Å². The van der Waals surface area contributed by atoms with Crippen LogP contribution in [0.3, 0.4) is 0 Å². The molecular formula is C15H14O2. The molecule has 0 saturated heterocycles. The lowest BCUT2D eigenvalue weighted by Gasteiger charge is -2.05. The fourth-order valence-corrected chi connectivity index (χ4v) is 1.56. The molecule has 17 heavy (non-hydrogen) atoms. The van der Waals surface area contributed by atoms with Gasteiger partial charge in [-0.1, -0.05) is 48.5 Å². The van der Waals surface area contributed by atoms with Gasteiger partial charge in [0.25, 0.3) is 0 Å². The zero-order valence-corrected chi connectivity index (χ0v) is 9.50. The first kappa shape index (κ1) is 11.4. The Kier molecular flexibility index (Phi) is 3.92. The highest BCUT2D eigenvalue weighted by Crippen LogP contribution is 2.08. The third-order valence-electron chi connectivity index (χ3n) is 2.39. The van der Waals surface area contributed by atoms with Crippen molar-refractivity contribution in [1.29, 1.82) is 0 Å². The number of ketones is 1. The molecule has 2 heteroatoms. The van der Waals surface area contributed by atoms with Gasteiger partial charge in [-0.25, -0.2) is 0 Å². The smallest absolute Gasteiger partial charge is 0.174 e. The zero-order valence-electron chi connectivity index (χ0n) is 9.50. The molecule has 0 aliphatic carbocycles. The van der Waals surface area contributed by atoms with Crippen molar-refractivity contribution in [1.82, 2.24) is 0 Å². The SMILES string of the molecule is O=C(COc1ccccc1)Cc1ccccc1. The van der Waals surface area contributed by atoms with Crippen molar-refractivity contribution >= 4 is 5.78 Å². The number of carbonyl (C=O) groups is 1. The van der Waals surface area contributed by atoms with E-state index in [1.165, 1.54) is 0 Å². The van der Waals surface area contributed by atoms with E-state index in [9.17, 15) is 4.79 Å². The van der Waals surface area contributed by atoms with Crippen molar-refractivity contribution < 1.29 is 9.53 Å². The minimum Gasteiger partial charge on any atom is -0.486 e. The maximum absolute atomic E-state index is 11.7. The van der Waals surface area contributed by atoms with E-state index in [0.717, 1.165) is 11.3 Å². The van der Waals surface area contributed by atoms with Crippen LogP contribution in [-0.4, -0.2) is 12.4 Å². The Bertz CT molecular complexity index is 463. The normalized spacial score (nSPS) is 9.88. The monoisotopic (exact) mass is 226 g/mol. The molecular weight excluding hydrogens is 212 g/mol. The van der Waals surface area contributed by atoms with Crippen LogP contribution in [0.25, 0.3) is 0 Å². The van der Waals surface area contributed by atoms with Crippen molar-refractivity contribution in [2.45, 2.75) is 6.42 Å². The molecule has 0 fully saturated rings. The summed E-state index contributed by atoms with van der Waals surface area (Å²) in [6.07, 6.45) is 0.424. The van der Waals surface area contributed by atoms with Gasteiger partial charge in [-0.3, -0.25) is 4.79 Å². The van der Waals surface area contributed by atoms with Gasteiger partial charge < -0.3 is 4.74 Å². The number of ether oxygens (including phenoxy) is 1. The van der Waals surface area contributed by atoms with Crippen LogP contribution in [0, 0.1) is 0 Å². The summed E-state index contributed by atoms with van der Waals surface area (Å²) >= 11 is 0. The van der Waals surface area contributed by atoms with E-state index in [1.54, 1.807) is 0 Å². The van der Waals surface area contributed by atoms with E-state index in [0.29, 0.717) is 6.42 Å². The Labute approximate surface area is 101 Å². The van der Waals surface area contributed by atoms with Crippen LogP contribution in [0.5, 0.6) is 5.75 Å². The standard InChI is InChI=1S/C15H14O2/c16-14(11-13-7-3-1-4-8-13)12-17-15-9-5-2-6-10-15/h1-10H,11-12H2. The summed E-state index contributed by atoms with van der Waals surface area (Å²) in [4.78, 5) is 11.7. The minimum absolute atomic E-state index is 0.0834. The first-order valence-corrected chi connectivity index (χ1v) is 5.58. The number of carbonyl (C=O) groups excluding carboxylic acids is 1. The van der Waals surface area contributed by atoms with Gasteiger partial charge in [0.2, 0.25) is 0 Å². The summed E-state index contributed by atoms with van der Waals surface area (Å²) in [5.74, 6) is 0.814. The number of rotatable bonds is 5. The number of hydrogen-bond acceptors (Lipinski definition) is 2. The second kappa shape index (κ2) is 5.85. The lowest BCUT2D eigenvalue weighted by Crippen LogP contribution is -2.13. The van der Waals surface area contributed by atoms with Gasteiger partial charge >= 0.3 is 0 Å². The second-order valence-corrected chi connectivity index (χ2v) is 3.80. The molecule has 0 unspecified atom stereocenters. The average Bonchev–Trinajstić information content (AvgIpc) is 2.39. The van der Waals surface area contributed by atoms with Crippen LogP contribution in [-0.2, 0) is 11.2 Å². The molecule has 2 nitrogen and oxygen atoms in total. The van der Waals surface area contributed by atoms with E-state index in [1.807, 2.05) is 60.7 Å². The lowest BCUT2D eigenvalue weighted by molar-refractivity contribution is -0.120. The molecule has 2 aromatic rings. The van der Waals surface area contributed by atoms with Gasteiger partial charge in [-0.2, -0.15) is 0 Å². The third kappa shape index (κ3) is 3.76. The van der Waals surface area contributed by atoms with Crippen molar-refractivity contribution in [3.63, 3.8) is 0 Å². The topological polar surface area (TPSA) is 26.3 Å². The average molecular weight is 226 g/mol. The van der Waals surface area contributed by atoms with Gasteiger partial charge in [0.1, 0.15) is 12.4 Å². The van der Waals surface area contributed by atoms with E-state index in [-0.39, 0.29) is 12.4 Å². The number of para-hydroxylation sites is 1. The molecule has 0 aliphatic heterocycles. The van der Waals surface area contributed by atoms with Gasteiger partial charge in [-0.05, 0) is 17.7 Å². The van der Waals surface area contributed by atoms with Crippen molar-refractivity contribution in [3.8, 4) is 5.75 Å². The first-order chi connectivity index (χ1) is 8.34. The quantitative estimate of drug-likeness (QED) is 0.783. The third-order valence-corrected chi connectivity index (χ3v) is 2.39. The fourth-order valence-electron chi connectivity index (χ4n) is 1.56. The molecule has 0 bridgehead atoms. The van der Waals surface area contributed by atoms with Crippen LogP contribution in [0.15, 0.2) is 60.7 Å². The Morgan fingerprint density at radius 1 is 0.882 bits per heavy atom. The zero-order chi connectivity index (χ0) is 11.9. The molecule has 0 spiro atoms. The highest BCUT2D eigenvalue weighted by molar-refractivity contribution is 5.82. The largest absolute Gasteiger partial charge is 0.486 e. The van der Waals surface area contributed by atoms with E-state index in [4.69, 9.17) is 4.74 Å². The van der Waals surface area contributed by atoms with Gasteiger partial charge in [0.05, 0.1) is 0 Å². The van der Waals surface area contributed by atoms with Crippen LogP contribution in [0.1, 0.15) is 5.56 Å². The Hall–Kier alpha value is -2.09. The summed E-state index contributed by atoms with van der Waals surface area (Å²) in [5, 5.41) is 0. The summed E-state index contributed by atoms with van der Waals surface area (Å²) < 4.78 is 5.39. The van der Waals surface area contributed by atoms with Crippen molar-refractivity contribution in [3.05, 3.63) is 66.2 Å². The van der Waals surface area contributed by atoms with E-state index >= 15 is 0 Å². The molecule has 0 heterocycles. The molecule has 2 rings (SSSR count). The predicted octanol–water partition coefficient (Wildman–Crippen LogP) is 2.88. The van der Waals surface area contributed by atoms with Crippen molar-refractivity contribution in [2.75, 3.05) is 6.61 Å². The molecule has 0 aromatic heterocycles. The predicted molar refractivity (Wildman–Crippen MR) is 67.1 cm³/mol. The van der Waals surface area contributed by atoms with Gasteiger partial charge in [0, 0.05) is 6.42 Å². The fraction of sp³-hybridized carbons (Fsp3) is 0.133. The molecule has 0 amide bonds. The minimum atomic E-state index is 0.0834. The highest BCUT2D eigenvalue weighted by atomic mass is 16.5. The molecule has 0 radical (unpaired) electrons. The summed E-state index contributed by atoms with van der Waals surface area (Å²) in [7, 11) is 0. The molecule has 0 aliphatic rings. The van der Waals surface area contributed by atoms with E-state index in [2.05, 4.69) is 0 Å². The van der Waals surface area contributed by atoms with Crippen LogP contribution in [0.2, 0.25) is 0 Å². The summed E-state index contributed by atoms with van der Waals surface area (Å²) in [5.41, 5.74) is 1.02. The Balaban J connectivity index is 1.83. The van der Waals surface area contributed by atoms with E-state index < -0.39 is 0 Å². The molecule has 0 atom stereocenters.